The topological polar surface area (TPSA) is 96.9 Å². The molecule has 2 heterocycles. The second kappa shape index (κ2) is 4.26. The van der Waals surface area contributed by atoms with Crippen molar-refractivity contribution in [2.75, 3.05) is 13.7 Å². The van der Waals surface area contributed by atoms with Crippen LogP contribution >= 0.6 is 0 Å². The Morgan fingerprint density at radius 1 is 1.69 bits per heavy atom. The van der Waals surface area contributed by atoms with Crippen LogP contribution in [-0.2, 0) is 14.3 Å². The number of esters is 1. The van der Waals surface area contributed by atoms with Crippen molar-refractivity contribution >= 4 is 12.1 Å². The Balaban J connectivity index is 2.12. The highest BCUT2D eigenvalue weighted by Gasteiger charge is 2.46. The van der Waals surface area contributed by atoms with E-state index in [-0.39, 0.29) is 12.1 Å². The third kappa shape index (κ3) is 1.83. The van der Waals surface area contributed by atoms with Crippen LogP contribution in [0.4, 0.5) is 4.79 Å². The average molecular weight is 230 g/mol. The van der Waals surface area contributed by atoms with E-state index in [1.807, 2.05) is 0 Å². The highest BCUT2D eigenvalue weighted by Crippen LogP contribution is 2.21. The molecule has 2 aliphatic rings. The van der Waals surface area contributed by atoms with E-state index in [1.165, 1.54) is 7.11 Å². The third-order valence-electron chi connectivity index (χ3n) is 2.92. The Kier molecular flexibility index (Phi) is 2.97. The molecule has 2 saturated heterocycles. The van der Waals surface area contributed by atoms with Crippen LogP contribution in [0.25, 0.3) is 0 Å². The van der Waals surface area contributed by atoms with Gasteiger partial charge in [-0.2, -0.15) is 0 Å². The molecule has 4 atom stereocenters. The number of nitrogens with one attached hydrogen (secondary N) is 2. The lowest BCUT2D eigenvalue weighted by molar-refractivity contribution is -0.153. The van der Waals surface area contributed by atoms with Crippen molar-refractivity contribution in [1.82, 2.24) is 10.6 Å². The first kappa shape index (κ1) is 11.2. The van der Waals surface area contributed by atoms with E-state index in [4.69, 9.17) is 4.74 Å². The van der Waals surface area contributed by atoms with E-state index in [1.54, 1.807) is 0 Å². The molecule has 2 unspecified atom stereocenters. The molecule has 16 heavy (non-hydrogen) atoms. The predicted octanol–water partition coefficient (Wildman–Crippen LogP) is -1.64. The number of aliphatic hydroxyl groups excluding tert-OH is 1. The van der Waals surface area contributed by atoms with Crippen LogP contribution in [0.5, 0.6) is 0 Å². The molecule has 3 N–H and O–H groups in total. The standard InChI is InChI=1S/C9H14N2O5/c1-15-8(13)7(12)6-5-4(2-3-10-5)16-9(14)11-6/h4-7,10,12H,2-3H2,1H3,(H,11,14)/t4-,5+,6?,7?/m0/s1. The fraction of sp³-hybridized carbons (Fsp3) is 0.778. The maximum absolute atomic E-state index is 11.2. The summed E-state index contributed by atoms with van der Waals surface area (Å²) in [5, 5.41) is 15.2. The lowest BCUT2D eigenvalue weighted by atomic mass is 9.97. The highest BCUT2D eigenvalue weighted by molar-refractivity contribution is 5.77. The number of rotatable bonds is 2. The number of methoxy groups -OCH3 is 1. The van der Waals surface area contributed by atoms with Gasteiger partial charge in [0.2, 0.25) is 0 Å². The first-order valence-electron chi connectivity index (χ1n) is 5.10. The highest BCUT2D eigenvalue weighted by atomic mass is 16.6. The lowest BCUT2D eigenvalue weighted by Crippen LogP contribution is -2.64. The van der Waals surface area contributed by atoms with Gasteiger partial charge in [0.15, 0.2) is 6.10 Å². The zero-order chi connectivity index (χ0) is 11.7. The van der Waals surface area contributed by atoms with Gasteiger partial charge in [-0.1, -0.05) is 0 Å². The molecule has 7 nitrogen and oxygen atoms in total. The predicted molar refractivity (Wildman–Crippen MR) is 51.6 cm³/mol. The fourth-order valence-corrected chi connectivity index (χ4v) is 2.13. The summed E-state index contributed by atoms with van der Waals surface area (Å²) in [6, 6.07) is -0.965. The fourth-order valence-electron chi connectivity index (χ4n) is 2.13. The van der Waals surface area contributed by atoms with Crippen molar-refractivity contribution in [3.05, 3.63) is 0 Å². The Morgan fingerprint density at radius 2 is 2.44 bits per heavy atom. The molecule has 90 valence electrons. The van der Waals surface area contributed by atoms with Crippen LogP contribution in [0.2, 0.25) is 0 Å². The van der Waals surface area contributed by atoms with E-state index >= 15 is 0 Å². The minimum Gasteiger partial charge on any atom is -0.467 e. The number of hydrogen-bond donors (Lipinski definition) is 3. The van der Waals surface area contributed by atoms with Crippen molar-refractivity contribution < 1.29 is 24.2 Å². The number of aliphatic hydroxyl groups is 1. The van der Waals surface area contributed by atoms with Gasteiger partial charge in [-0.15, -0.1) is 0 Å². The van der Waals surface area contributed by atoms with Gasteiger partial charge in [-0.25, -0.2) is 9.59 Å². The number of fused-ring (bicyclic) bond motifs is 1. The third-order valence-corrected chi connectivity index (χ3v) is 2.92. The van der Waals surface area contributed by atoms with E-state index in [9.17, 15) is 14.7 Å². The molecule has 7 heteroatoms. The number of ether oxygens (including phenoxy) is 2. The molecule has 0 aromatic rings. The zero-order valence-electron chi connectivity index (χ0n) is 8.80. The monoisotopic (exact) mass is 230 g/mol. The summed E-state index contributed by atoms with van der Waals surface area (Å²) in [4.78, 5) is 22.4. The van der Waals surface area contributed by atoms with E-state index in [0.29, 0.717) is 13.0 Å². The molecule has 0 aromatic carbocycles. The summed E-state index contributed by atoms with van der Waals surface area (Å²) in [5.74, 6) is -0.764. The van der Waals surface area contributed by atoms with Gasteiger partial charge >= 0.3 is 12.1 Å². The van der Waals surface area contributed by atoms with Crippen LogP contribution in [-0.4, -0.2) is 55.1 Å². The minimum absolute atomic E-state index is 0.258. The molecular formula is C9H14N2O5. The Bertz CT molecular complexity index is 308. The minimum atomic E-state index is -1.38. The molecule has 0 radical (unpaired) electrons. The van der Waals surface area contributed by atoms with Gasteiger partial charge in [0.05, 0.1) is 19.2 Å². The summed E-state index contributed by atoms with van der Waals surface area (Å²) >= 11 is 0. The first-order chi connectivity index (χ1) is 7.63. The average Bonchev–Trinajstić information content (AvgIpc) is 2.73. The maximum Gasteiger partial charge on any atom is 0.407 e. The van der Waals surface area contributed by atoms with E-state index in [0.717, 1.165) is 0 Å². The van der Waals surface area contributed by atoms with Gasteiger partial charge in [0.1, 0.15) is 6.10 Å². The lowest BCUT2D eigenvalue weighted by Gasteiger charge is -2.35. The number of alkyl carbamates (subject to hydrolysis) is 1. The summed E-state index contributed by atoms with van der Waals surface area (Å²) in [7, 11) is 1.19. The van der Waals surface area contributed by atoms with Crippen molar-refractivity contribution in [3.63, 3.8) is 0 Å². The Labute approximate surface area is 92.1 Å². The second-order valence-corrected chi connectivity index (χ2v) is 3.85. The smallest absolute Gasteiger partial charge is 0.407 e. The first-order valence-corrected chi connectivity index (χ1v) is 5.10. The molecule has 2 fully saturated rings. The largest absolute Gasteiger partial charge is 0.467 e. The van der Waals surface area contributed by atoms with Gasteiger partial charge in [-0.3, -0.25) is 0 Å². The number of amides is 1. The summed E-state index contributed by atoms with van der Waals surface area (Å²) in [6.07, 6.45) is -1.60. The van der Waals surface area contributed by atoms with Crippen LogP contribution in [0, 0.1) is 0 Å². The molecular weight excluding hydrogens is 216 g/mol. The molecule has 0 aromatic heterocycles. The molecule has 0 spiro atoms. The summed E-state index contributed by atoms with van der Waals surface area (Å²) < 4.78 is 9.47. The van der Waals surface area contributed by atoms with Crippen molar-refractivity contribution in [2.24, 2.45) is 0 Å². The van der Waals surface area contributed by atoms with E-state index < -0.39 is 24.2 Å². The van der Waals surface area contributed by atoms with Gasteiger partial charge in [-0.05, 0) is 13.0 Å². The van der Waals surface area contributed by atoms with Crippen LogP contribution in [0.3, 0.4) is 0 Å². The molecule has 0 saturated carbocycles. The van der Waals surface area contributed by atoms with Gasteiger partial charge in [0.25, 0.3) is 0 Å². The Hall–Kier alpha value is -1.34. The number of carbonyl (C=O) groups is 2. The number of carbonyl (C=O) groups excluding carboxylic acids is 2. The second-order valence-electron chi connectivity index (χ2n) is 3.85. The van der Waals surface area contributed by atoms with Gasteiger partial charge < -0.3 is 25.2 Å². The summed E-state index contributed by atoms with van der Waals surface area (Å²) in [6.45, 7) is 0.689. The maximum atomic E-state index is 11.2. The van der Waals surface area contributed by atoms with Crippen LogP contribution in [0.1, 0.15) is 6.42 Å². The van der Waals surface area contributed by atoms with E-state index in [2.05, 4.69) is 15.4 Å². The quantitative estimate of drug-likeness (QED) is 0.492. The van der Waals surface area contributed by atoms with Crippen LogP contribution < -0.4 is 10.6 Å². The van der Waals surface area contributed by atoms with Crippen molar-refractivity contribution in [3.8, 4) is 0 Å². The normalized spacial score (nSPS) is 34.6. The zero-order valence-corrected chi connectivity index (χ0v) is 8.80. The van der Waals surface area contributed by atoms with Crippen molar-refractivity contribution in [1.29, 1.82) is 0 Å². The molecule has 1 amide bonds. The SMILES string of the molecule is COC(=O)C(O)C1NC(=O)O[C@H]2CCN[C@@H]12. The van der Waals surface area contributed by atoms with Crippen molar-refractivity contribution in [2.45, 2.75) is 30.7 Å². The molecule has 2 rings (SSSR count). The van der Waals surface area contributed by atoms with Gasteiger partial charge in [0, 0.05) is 0 Å². The molecule has 2 aliphatic heterocycles. The summed E-state index contributed by atoms with van der Waals surface area (Å²) in [5.41, 5.74) is 0. The Morgan fingerprint density at radius 3 is 3.12 bits per heavy atom. The molecule has 0 aliphatic carbocycles. The molecule has 0 bridgehead atoms. The van der Waals surface area contributed by atoms with Crippen LogP contribution in [0.15, 0.2) is 0 Å². The number of hydrogen-bond acceptors (Lipinski definition) is 6.